The summed E-state index contributed by atoms with van der Waals surface area (Å²) >= 11 is 0. The van der Waals surface area contributed by atoms with Gasteiger partial charge >= 0.3 is 5.97 Å². The van der Waals surface area contributed by atoms with E-state index in [1.165, 1.54) is 0 Å². The highest BCUT2D eigenvalue weighted by molar-refractivity contribution is 6.40. The Kier molecular flexibility index (Phi) is 4.48. The zero-order chi connectivity index (χ0) is 13.9. The van der Waals surface area contributed by atoms with Crippen LogP contribution in [0, 0.1) is 13.8 Å². The molecule has 0 amide bonds. The van der Waals surface area contributed by atoms with Gasteiger partial charge in [0.25, 0.3) is 5.78 Å². The van der Waals surface area contributed by atoms with Crippen LogP contribution in [0.3, 0.4) is 0 Å². The van der Waals surface area contributed by atoms with Crippen LogP contribution in [0.1, 0.15) is 28.4 Å². The first-order chi connectivity index (χ1) is 8.38. The molecule has 0 heterocycles. The highest BCUT2D eigenvalue weighted by Crippen LogP contribution is 2.23. The summed E-state index contributed by atoms with van der Waals surface area (Å²) < 4.78 is 4.73. The van der Waals surface area contributed by atoms with E-state index in [9.17, 15) is 9.59 Å². The lowest BCUT2D eigenvalue weighted by Crippen LogP contribution is -2.19. The number of ketones is 1. The van der Waals surface area contributed by atoms with Gasteiger partial charge in [-0.3, -0.25) is 4.79 Å². The van der Waals surface area contributed by atoms with Crippen molar-refractivity contribution in [1.29, 1.82) is 0 Å². The van der Waals surface area contributed by atoms with Crippen LogP contribution in [-0.2, 0) is 9.53 Å². The zero-order valence-electron chi connectivity index (χ0n) is 11.5. The Morgan fingerprint density at radius 1 is 1.22 bits per heavy atom. The normalized spacial score (nSPS) is 10.1. The van der Waals surface area contributed by atoms with Gasteiger partial charge in [-0.15, -0.1) is 0 Å². The smallest absolute Gasteiger partial charge is 0.379 e. The highest BCUT2D eigenvalue weighted by atomic mass is 16.5. The molecule has 0 unspecified atom stereocenters. The van der Waals surface area contributed by atoms with Crippen LogP contribution in [0.15, 0.2) is 12.1 Å². The molecule has 98 valence electrons. The summed E-state index contributed by atoms with van der Waals surface area (Å²) in [5, 5.41) is 0. The first-order valence-electron chi connectivity index (χ1n) is 5.88. The maximum atomic E-state index is 11.9. The van der Waals surface area contributed by atoms with Gasteiger partial charge in [-0.25, -0.2) is 4.79 Å². The molecule has 0 aliphatic rings. The quantitative estimate of drug-likeness (QED) is 0.466. The van der Waals surface area contributed by atoms with Crippen molar-refractivity contribution in [2.24, 2.45) is 0 Å². The van der Waals surface area contributed by atoms with E-state index < -0.39 is 11.8 Å². The fourth-order valence-corrected chi connectivity index (χ4v) is 1.75. The third kappa shape index (κ3) is 2.88. The van der Waals surface area contributed by atoms with Crippen LogP contribution in [-0.4, -0.2) is 32.5 Å². The van der Waals surface area contributed by atoms with Crippen LogP contribution >= 0.6 is 0 Å². The third-order valence-corrected chi connectivity index (χ3v) is 2.84. The van der Waals surface area contributed by atoms with Gasteiger partial charge in [0, 0.05) is 25.3 Å². The van der Waals surface area contributed by atoms with Crippen molar-refractivity contribution in [1.82, 2.24) is 0 Å². The Hall–Kier alpha value is -1.84. The van der Waals surface area contributed by atoms with Gasteiger partial charge in [-0.05, 0) is 44.0 Å². The van der Waals surface area contributed by atoms with E-state index >= 15 is 0 Å². The van der Waals surface area contributed by atoms with Gasteiger partial charge in [0.1, 0.15) is 0 Å². The number of benzene rings is 1. The number of esters is 1. The van der Waals surface area contributed by atoms with Crippen LogP contribution < -0.4 is 4.90 Å². The molecule has 0 saturated carbocycles. The molecule has 1 rings (SSSR count). The van der Waals surface area contributed by atoms with E-state index in [1.807, 2.05) is 32.8 Å². The summed E-state index contributed by atoms with van der Waals surface area (Å²) in [6.45, 7) is 5.79. The Labute approximate surface area is 108 Å². The molecule has 1 aromatic carbocycles. The topological polar surface area (TPSA) is 46.6 Å². The highest BCUT2D eigenvalue weighted by Gasteiger charge is 2.19. The number of anilines is 1. The molecule has 0 aliphatic heterocycles. The number of aryl methyl sites for hydroxylation is 1. The summed E-state index contributed by atoms with van der Waals surface area (Å²) in [5.41, 5.74) is 3.39. The summed E-state index contributed by atoms with van der Waals surface area (Å²) in [4.78, 5) is 25.2. The average molecular weight is 249 g/mol. The standard InChI is InChI=1S/C14H19NO3/c1-6-18-14(17)13(16)11-7-9(2)10(3)12(8-11)15(4)5/h7-8H,6H2,1-5H3. The van der Waals surface area contributed by atoms with E-state index in [-0.39, 0.29) is 6.61 Å². The average Bonchev–Trinajstić information content (AvgIpc) is 2.31. The van der Waals surface area contributed by atoms with Gasteiger partial charge < -0.3 is 9.64 Å². The summed E-state index contributed by atoms with van der Waals surface area (Å²) in [6.07, 6.45) is 0. The summed E-state index contributed by atoms with van der Waals surface area (Å²) in [6, 6.07) is 3.45. The number of carbonyl (C=O) groups excluding carboxylic acids is 2. The van der Waals surface area contributed by atoms with E-state index in [4.69, 9.17) is 4.74 Å². The van der Waals surface area contributed by atoms with Gasteiger partial charge in [-0.1, -0.05) is 0 Å². The molecule has 4 nitrogen and oxygen atoms in total. The van der Waals surface area contributed by atoms with Crippen molar-refractivity contribution in [3.05, 3.63) is 28.8 Å². The number of nitrogens with zero attached hydrogens (tertiary/aromatic N) is 1. The van der Waals surface area contributed by atoms with Crippen LogP contribution in [0.25, 0.3) is 0 Å². The molecule has 0 aromatic heterocycles. The summed E-state index contributed by atoms with van der Waals surface area (Å²) in [7, 11) is 3.81. The minimum atomic E-state index is -0.801. The number of ether oxygens (including phenoxy) is 1. The van der Waals surface area contributed by atoms with Gasteiger partial charge in [0.15, 0.2) is 0 Å². The van der Waals surface area contributed by atoms with Crippen LogP contribution in [0.5, 0.6) is 0 Å². The first-order valence-corrected chi connectivity index (χ1v) is 5.88. The fourth-order valence-electron chi connectivity index (χ4n) is 1.75. The van der Waals surface area contributed by atoms with Crippen molar-refractivity contribution >= 4 is 17.4 Å². The van der Waals surface area contributed by atoms with Crippen molar-refractivity contribution < 1.29 is 14.3 Å². The Morgan fingerprint density at radius 2 is 1.83 bits per heavy atom. The second-order valence-corrected chi connectivity index (χ2v) is 4.38. The molecule has 0 aliphatic carbocycles. The minimum Gasteiger partial charge on any atom is -0.460 e. The van der Waals surface area contributed by atoms with E-state index in [1.54, 1.807) is 19.1 Å². The zero-order valence-corrected chi connectivity index (χ0v) is 11.5. The van der Waals surface area contributed by atoms with E-state index in [0.717, 1.165) is 16.8 Å². The molecule has 0 atom stereocenters. The molecule has 1 aromatic rings. The molecular formula is C14H19NO3. The number of rotatable bonds is 4. The van der Waals surface area contributed by atoms with Crippen LogP contribution in [0.4, 0.5) is 5.69 Å². The van der Waals surface area contributed by atoms with Crippen molar-refractivity contribution in [3.63, 3.8) is 0 Å². The summed E-state index contributed by atoms with van der Waals surface area (Å²) in [5.74, 6) is -1.39. The molecule has 0 fully saturated rings. The van der Waals surface area contributed by atoms with E-state index in [2.05, 4.69) is 0 Å². The lowest BCUT2D eigenvalue weighted by atomic mass is 10.0. The molecule has 0 N–H and O–H groups in total. The van der Waals surface area contributed by atoms with Crippen LogP contribution in [0.2, 0.25) is 0 Å². The Morgan fingerprint density at radius 3 is 2.33 bits per heavy atom. The first kappa shape index (κ1) is 14.2. The van der Waals surface area contributed by atoms with Crippen molar-refractivity contribution in [2.75, 3.05) is 25.6 Å². The molecule has 4 heteroatoms. The lowest BCUT2D eigenvalue weighted by molar-refractivity contribution is -0.137. The van der Waals surface area contributed by atoms with E-state index in [0.29, 0.717) is 5.56 Å². The fraction of sp³-hybridized carbons (Fsp3) is 0.429. The monoisotopic (exact) mass is 249 g/mol. The van der Waals surface area contributed by atoms with Crippen molar-refractivity contribution in [3.8, 4) is 0 Å². The maximum Gasteiger partial charge on any atom is 0.379 e. The SMILES string of the molecule is CCOC(=O)C(=O)c1cc(C)c(C)c(N(C)C)c1. The number of Topliss-reactive ketones (excluding diaryl/α,β-unsaturated/α-hetero) is 1. The number of carbonyl (C=O) groups is 2. The van der Waals surface area contributed by atoms with Crippen molar-refractivity contribution in [2.45, 2.75) is 20.8 Å². The molecule has 0 saturated heterocycles. The molecular weight excluding hydrogens is 230 g/mol. The maximum absolute atomic E-state index is 11.9. The second kappa shape index (κ2) is 5.67. The molecule has 0 spiro atoms. The largest absolute Gasteiger partial charge is 0.460 e. The molecule has 0 radical (unpaired) electrons. The molecule has 18 heavy (non-hydrogen) atoms. The minimum absolute atomic E-state index is 0.204. The van der Waals surface area contributed by atoms with Gasteiger partial charge in [0.05, 0.1) is 6.61 Å². The van der Waals surface area contributed by atoms with Gasteiger partial charge in [-0.2, -0.15) is 0 Å². The predicted octanol–water partition coefficient (Wildman–Crippen LogP) is 2.12. The lowest BCUT2D eigenvalue weighted by Gasteiger charge is -2.18. The number of hydrogen-bond acceptors (Lipinski definition) is 4. The Balaban J connectivity index is 3.19. The predicted molar refractivity (Wildman–Crippen MR) is 71.2 cm³/mol. The van der Waals surface area contributed by atoms with Gasteiger partial charge in [0.2, 0.25) is 0 Å². The third-order valence-electron chi connectivity index (χ3n) is 2.84. The number of hydrogen-bond donors (Lipinski definition) is 0. The Bertz CT molecular complexity index is 478. The molecule has 0 bridgehead atoms. The second-order valence-electron chi connectivity index (χ2n) is 4.38.